The highest BCUT2D eigenvalue weighted by Gasteiger charge is 2.51. The fourth-order valence-electron chi connectivity index (χ4n) is 4.76. The Kier molecular flexibility index (Phi) is 7.76. The van der Waals surface area contributed by atoms with E-state index < -0.39 is 20.5 Å². The van der Waals surface area contributed by atoms with E-state index in [9.17, 15) is 18.0 Å². The molecule has 0 aliphatic carbocycles. The number of sulfone groups is 1. The summed E-state index contributed by atoms with van der Waals surface area (Å²) in [6.07, 6.45) is 2.52. The van der Waals surface area contributed by atoms with Crippen LogP contribution in [-0.4, -0.2) is 44.7 Å². The number of primary amides is 1. The first-order valence-corrected chi connectivity index (χ1v) is 13.7. The van der Waals surface area contributed by atoms with E-state index in [2.05, 4.69) is 5.32 Å². The van der Waals surface area contributed by atoms with Crippen LogP contribution in [0.1, 0.15) is 47.2 Å². The van der Waals surface area contributed by atoms with Crippen molar-refractivity contribution in [2.75, 3.05) is 19.8 Å². The van der Waals surface area contributed by atoms with E-state index in [4.69, 9.17) is 10.5 Å². The van der Waals surface area contributed by atoms with Crippen LogP contribution in [0.5, 0.6) is 0 Å². The van der Waals surface area contributed by atoms with Crippen LogP contribution in [-0.2, 0) is 25.8 Å². The highest BCUT2D eigenvalue weighted by Crippen LogP contribution is 2.35. The number of aryl methyl sites for hydroxylation is 2. The van der Waals surface area contributed by atoms with E-state index >= 15 is 0 Å². The van der Waals surface area contributed by atoms with Crippen molar-refractivity contribution >= 4 is 32.4 Å². The number of benzene rings is 3. The average molecular weight is 509 g/mol. The molecule has 1 aliphatic heterocycles. The first-order chi connectivity index (χ1) is 17.2. The maximum atomic E-state index is 13.2. The van der Waals surface area contributed by atoms with Crippen LogP contribution in [0, 0.1) is 6.92 Å². The third kappa shape index (κ3) is 5.15. The van der Waals surface area contributed by atoms with Gasteiger partial charge in [-0.1, -0.05) is 42.5 Å². The average Bonchev–Trinajstić information content (AvgIpc) is 2.88. The molecule has 1 heterocycles. The van der Waals surface area contributed by atoms with Gasteiger partial charge in [0.1, 0.15) is 0 Å². The van der Waals surface area contributed by atoms with Gasteiger partial charge >= 0.3 is 0 Å². The second-order valence-corrected chi connectivity index (χ2v) is 11.6. The molecule has 0 radical (unpaired) electrons. The van der Waals surface area contributed by atoms with Gasteiger partial charge in [-0.05, 0) is 79.1 Å². The molecule has 3 N–H and O–H groups in total. The lowest BCUT2D eigenvalue weighted by Gasteiger charge is -2.33. The Balaban J connectivity index is 1.30. The summed E-state index contributed by atoms with van der Waals surface area (Å²) < 4.78 is 30.1. The summed E-state index contributed by atoms with van der Waals surface area (Å²) in [5, 5.41) is 5.15. The van der Waals surface area contributed by atoms with Crippen LogP contribution >= 0.6 is 0 Å². The number of unbranched alkanes of at least 4 members (excludes halogenated alkanes) is 1. The summed E-state index contributed by atoms with van der Waals surface area (Å²) >= 11 is 0. The highest BCUT2D eigenvalue weighted by atomic mass is 32.2. The van der Waals surface area contributed by atoms with Crippen LogP contribution in [0.4, 0.5) is 0 Å². The molecular weight excluding hydrogens is 476 g/mol. The minimum atomic E-state index is -3.92. The zero-order valence-corrected chi connectivity index (χ0v) is 21.3. The Bertz CT molecular complexity index is 1360. The third-order valence-corrected chi connectivity index (χ3v) is 9.54. The SMILES string of the molecule is Cc1cc2ccccc2cc1C(=O)NCCCCc1ccc(S(=O)(=O)C2(C(N)=O)CCOCC2)cc1. The van der Waals surface area contributed by atoms with Gasteiger partial charge in [-0.2, -0.15) is 0 Å². The topological polar surface area (TPSA) is 116 Å². The van der Waals surface area contributed by atoms with Crippen molar-refractivity contribution in [2.45, 2.75) is 48.7 Å². The molecule has 0 atom stereocenters. The molecule has 0 spiro atoms. The van der Waals surface area contributed by atoms with Crippen LogP contribution in [0.3, 0.4) is 0 Å². The molecule has 1 aliphatic rings. The van der Waals surface area contributed by atoms with E-state index in [1.54, 1.807) is 24.3 Å². The number of ether oxygens (including phenoxy) is 1. The van der Waals surface area contributed by atoms with Gasteiger partial charge in [0.15, 0.2) is 14.6 Å². The van der Waals surface area contributed by atoms with Crippen molar-refractivity contribution in [1.82, 2.24) is 5.32 Å². The number of hydrogen-bond donors (Lipinski definition) is 2. The molecule has 3 aromatic carbocycles. The number of nitrogens with one attached hydrogen (secondary N) is 1. The van der Waals surface area contributed by atoms with Crippen molar-refractivity contribution < 1.29 is 22.7 Å². The summed E-state index contributed by atoms with van der Waals surface area (Å²) in [6.45, 7) is 2.88. The maximum Gasteiger partial charge on any atom is 0.251 e. The molecule has 36 heavy (non-hydrogen) atoms. The summed E-state index contributed by atoms with van der Waals surface area (Å²) in [6, 6.07) is 18.6. The van der Waals surface area contributed by atoms with Gasteiger partial charge in [-0.15, -0.1) is 0 Å². The van der Waals surface area contributed by atoms with E-state index in [1.807, 2.05) is 43.3 Å². The largest absolute Gasteiger partial charge is 0.381 e. The quantitative estimate of drug-likeness (QED) is 0.428. The van der Waals surface area contributed by atoms with Gasteiger partial charge in [0, 0.05) is 25.3 Å². The number of carbonyl (C=O) groups excluding carboxylic acids is 2. The summed E-state index contributed by atoms with van der Waals surface area (Å²) in [4.78, 5) is 24.9. The molecule has 1 saturated heterocycles. The summed E-state index contributed by atoms with van der Waals surface area (Å²) in [5.74, 6) is -0.903. The fourth-order valence-corrected chi connectivity index (χ4v) is 6.67. The maximum absolute atomic E-state index is 13.2. The standard InChI is InChI=1S/C28H32N2O5S/c1-20-18-22-7-2-3-8-23(22)19-25(20)26(31)30-15-5-4-6-21-9-11-24(12-10-21)36(33,34)28(27(29)32)13-16-35-17-14-28/h2-3,7-12,18-19H,4-6,13-17H2,1H3,(H2,29,32)(H,30,31). The van der Waals surface area contributed by atoms with Gasteiger partial charge in [0.05, 0.1) is 4.90 Å². The predicted octanol–water partition coefficient (Wildman–Crippen LogP) is 3.71. The van der Waals surface area contributed by atoms with E-state index in [-0.39, 0.29) is 36.9 Å². The number of hydrogen-bond acceptors (Lipinski definition) is 5. The van der Waals surface area contributed by atoms with Gasteiger partial charge < -0.3 is 15.8 Å². The third-order valence-electron chi connectivity index (χ3n) is 7.01. The van der Waals surface area contributed by atoms with Gasteiger partial charge in [0.2, 0.25) is 5.91 Å². The van der Waals surface area contributed by atoms with Crippen molar-refractivity contribution in [3.8, 4) is 0 Å². The van der Waals surface area contributed by atoms with Crippen LogP contribution in [0.25, 0.3) is 10.8 Å². The van der Waals surface area contributed by atoms with Crippen molar-refractivity contribution in [2.24, 2.45) is 5.73 Å². The number of nitrogens with two attached hydrogens (primary N) is 1. The van der Waals surface area contributed by atoms with Gasteiger partial charge in [-0.3, -0.25) is 9.59 Å². The van der Waals surface area contributed by atoms with E-state index in [1.165, 1.54) is 0 Å². The Labute approximate surface area is 211 Å². The first kappa shape index (κ1) is 25.9. The monoisotopic (exact) mass is 508 g/mol. The summed E-state index contributed by atoms with van der Waals surface area (Å²) in [5.41, 5.74) is 8.16. The lowest BCUT2D eigenvalue weighted by Crippen LogP contribution is -2.53. The molecular formula is C28H32N2O5S. The second-order valence-electron chi connectivity index (χ2n) is 9.35. The smallest absolute Gasteiger partial charge is 0.251 e. The minimum absolute atomic E-state index is 0.0663. The minimum Gasteiger partial charge on any atom is -0.381 e. The molecule has 0 aromatic heterocycles. The van der Waals surface area contributed by atoms with Crippen LogP contribution in [0.15, 0.2) is 65.6 Å². The number of carbonyl (C=O) groups is 2. The van der Waals surface area contributed by atoms with E-state index in [0.717, 1.165) is 41.2 Å². The molecule has 2 amide bonds. The molecule has 7 nitrogen and oxygen atoms in total. The Hall–Kier alpha value is -3.23. The number of rotatable bonds is 9. The van der Waals surface area contributed by atoms with Crippen molar-refractivity contribution in [3.05, 3.63) is 77.4 Å². The van der Waals surface area contributed by atoms with Crippen molar-refractivity contribution in [3.63, 3.8) is 0 Å². The normalized spacial score (nSPS) is 15.5. The lowest BCUT2D eigenvalue weighted by atomic mass is 9.98. The molecule has 0 unspecified atom stereocenters. The van der Waals surface area contributed by atoms with E-state index in [0.29, 0.717) is 12.1 Å². The van der Waals surface area contributed by atoms with Gasteiger partial charge in [-0.25, -0.2) is 8.42 Å². The molecule has 190 valence electrons. The Morgan fingerprint density at radius 3 is 2.25 bits per heavy atom. The predicted molar refractivity (Wildman–Crippen MR) is 140 cm³/mol. The van der Waals surface area contributed by atoms with Gasteiger partial charge in [0.25, 0.3) is 5.91 Å². The molecule has 3 aromatic rings. The molecule has 1 fully saturated rings. The lowest BCUT2D eigenvalue weighted by molar-refractivity contribution is -0.122. The molecule has 0 bridgehead atoms. The Morgan fingerprint density at radius 1 is 0.972 bits per heavy atom. The zero-order chi connectivity index (χ0) is 25.8. The number of amides is 2. The fraction of sp³-hybridized carbons (Fsp3) is 0.357. The molecule has 8 heteroatoms. The Morgan fingerprint density at radius 2 is 1.61 bits per heavy atom. The highest BCUT2D eigenvalue weighted by molar-refractivity contribution is 7.93. The zero-order valence-electron chi connectivity index (χ0n) is 20.5. The molecule has 4 rings (SSSR count). The van der Waals surface area contributed by atoms with Crippen LogP contribution in [0.2, 0.25) is 0 Å². The number of fused-ring (bicyclic) bond motifs is 1. The first-order valence-electron chi connectivity index (χ1n) is 12.2. The summed E-state index contributed by atoms with van der Waals surface area (Å²) in [7, 11) is -3.92. The second kappa shape index (κ2) is 10.8. The van der Waals surface area contributed by atoms with Crippen LogP contribution < -0.4 is 11.1 Å². The van der Waals surface area contributed by atoms with Crippen molar-refractivity contribution in [1.29, 1.82) is 0 Å². The molecule has 0 saturated carbocycles.